The van der Waals surface area contributed by atoms with E-state index in [4.69, 9.17) is 10.5 Å². The molecule has 4 rings (SSSR count). The molecular weight excluding hydrogens is 387 g/mol. The molecule has 3 heterocycles. The molecule has 0 fully saturated rings. The minimum absolute atomic E-state index is 0.198. The summed E-state index contributed by atoms with van der Waals surface area (Å²) in [6, 6.07) is 13.4. The lowest BCUT2D eigenvalue weighted by molar-refractivity contribution is 0.0994. The summed E-state index contributed by atoms with van der Waals surface area (Å²) in [7, 11) is 1.46. The number of primary amides is 1. The van der Waals surface area contributed by atoms with E-state index in [0.29, 0.717) is 29.6 Å². The van der Waals surface area contributed by atoms with Gasteiger partial charge in [0.25, 0.3) is 11.8 Å². The standard InChI is InChI=1S/C21H19FN6O2/c1-12-9-15-7-4-8-16(18(23)29)28(15)17(12)19-25-20(21(30-2)27-26-19)24-11-13-5-3-6-14(22)10-13/h3-10H,11H2,1-2H3,(H2,23,29)(H,24,25,26). The second-order valence-electron chi connectivity index (χ2n) is 6.69. The van der Waals surface area contributed by atoms with Crippen LogP contribution in [0, 0.1) is 12.7 Å². The number of carbonyl (C=O) groups is 1. The molecule has 8 nitrogen and oxygen atoms in total. The van der Waals surface area contributed by atoms with E-state index < -0.39 is 5.91 Å². The van der Waals surface area contributed by atoms with Gasteiger partial charge in [-0.2, -0.15) is 0 Å². The van der Waals surface area contributed by atoms with Gasteiger partial charge in [-0.15, -0.1) is 10.2 Å². The van der Waals surface area contributed by atoms with Gasteiger partial charge in [-0.1, -0.05) is 18.2 Å². The number of aryl methyl sites for hydroxylation is 1. The summed E-state index contributed by atoms with van der Waals surface area (Å²) in [5.41, 5.74) is 8.84. The molecule has 0 saturated heterocycles. The molecule has 152 valence electrons. The normalized spacial score (nSPS) is 10.9. The topological polar surface area (TPSA) is 107 Å². The van der Waals surface area contributed by atoms with E-state index in [1.165, 1.54) is 19.2 Å². The molecule has 0 radical (unpaired) electrons. The third kappa shape index (κ3) is 3.52. The van der Waals surface area contributed by atoms with Gasteiger partial charge >= 0.3 is 0 Å². The number of halogens is 1. The number of hydrogen-bond acceptors (Lipinski definition) is 6. The van der Waals surface area contributed by atoms with Crippen molar-refractivity contribution < 1.29 is 13.9 Å². The Labute approximate surface area is 171 Å². The zero-order chi connectivity index (χ0) is 21.3. The number of methoxy groups -OCH3 is 1. The van der Waals surface area contributed by atoms with Gasteiger partial charge < -0.3 is 20.2 Å². The Kier molecular flexibility index (Phi) is 5.01. The minimum atomic E-state index is -0.566. The number of amides is 1. The summed E-state index contributed by atoms with van der Waals surface area (Å²) in [6.07, 6.45) is 0. The van der Waals surface area contributed by atoms with E-state index in [1.807, 2.05) is 19.1 Å². The molecule has 3 N–H and O–H groups in total. The number of hydrogen-bond donors (Lipinski definition) is 2. The summed E-state index contributed by atoms with van der Waals surface area (Å²) < 4.78 is 20.4. The first-order valence-electron chi connectivity index (χ1n) is 9.16. The lowest BCUT2D eigenvalue weighted by Crippen LogP contribution is -2.16. The fourth-order valence-corrected chi connectivity index (χ4v) is 3.33. The quantitative estimate of drug-likeness (QED) is 0.510. The molecule has 4 aromatic rings. The number of carbonyl (C=O) groups excluding carboxylic acids is 1. The maximum atomic E-state index is 13.5. The smallest absolute Gasteiger partial charge is 0.276 e. The molecule has 3 aromatic heterocycles. The number of ether oxygens (including phenoxy) is 1. The van der Waals surface area contributed by atoms with Crippen molar-refractivity contribution in [2.45, 2.75) is 13.5 Å². The van der Waals surface area contributed by atoms with E-state index >= 15 is 0 Å². The van der Waals surface area contributed by atoms with Gasteiger partial charge in [-0.3, -0.25) is 4.79 Å². The number of rotatable bonds is 6. The van der Waals surface area contributed by atoms with E-state index in [1.54, 1.807) is 28.7 Å². The first kappa shape index (κ1) is 19.3. The first-order valence-corrected chi connectivity index (χ1v) is 9.16. The Balaban J connectivity index is 1.78. The summed E-state index contributed by atoms with van der Waals surface area (Å²) in [5, 5.41) is 11.4. The maximum absolute atomic E-state index is 13.5. The number of nitrogens with one attached hydrogen (secondary N) is 1. The van der Waals surface area contributed by atoms with Crippen molar-refractivity contribution in [1.29, 1.82) is 0 Å². The fraction of sp³-hybridized carbons (Fsp3) is 0.143. The van der Waals surface area contributed by atoms with Crippen molar-refractivity contribution in [3.05, 3.63) is 71.2 Å². The molecule has 0 aliphatic rings. The van der Waals surface area contributed by atoms with Crippen LogP contribution in [0.3, 0.4) is 0 Å². The van der Waals surface area contributed by atoms with Crippen LogP contribution >= 0.6 is 0 Å². The highest BCUT2D eigenvalue weighted by atomic mass is 19.1. The fourth-order valence-electron chi connectivity index (χ4n) is 3.33. The highest BCUT2D eigenvalue weighted by Gasteiger charge is 2.19. The minimum Gasteiger partial charge on any atom is -0.477 e. The second kappa shape index (κ2) is 7.78. The van der Waals surface area contributed by atoms with Crippen molar-refractivity contribution in [2.75, 3.05) is 12.4 Å². The zero-order valence-electron chi connectivity index (χ0n) is 16.4. The highest BCUT2D eigenvalue weighted by Crippen LogP contribution is 2.28. The van der Waals surface area contributed by atoms with Crippen LogP contribution in [0.15, 0.2) is 48.5 Å². The van der Waals surface area contributed by atoms with Crippen LogP contribution in [0.4, 0.5) is 10.2 Å². The Morgan fingerprint density at radius 2 is 2.00 bits per heavy atom. The molecular formula is C21H19FN6O2. The van der Waals surface area contributed by atoms with Crippen molar-refractivity contribution in [3.63, 3.8) is 0 Å². The molecule has 0 aliphatic heterocycles. The van der Waals surface area contributed by atoms with Crippen molar-refractivity contribution in [1.82, 2.24) is 19.6 Å². The van der Waals surface area contributed by atoms with Crippen LogP contribution in [0.2, 0.25) is 0 Å². The third-order valence-electron chi connectivity index (χ3n) is 4.64. The van der Waals surface area contributed by atoms with Crippen molar-refractivity contribution in [3.8, 4) is 17.4 Å². The number of fused-ring (bicyclic) bond motifs is 1. The monoisotopic (exact) mass is 406 g/mol. The molecule has 1 amide bonds. The molecule has 0 bridgehead atoms. The molecule has 0 atom stereocenters. The van der Waals surface area contributed by atoms with Gasteiger partial charge in [0, 0.05) is 12.1 Å². The number of nitrogens with zero attached hydrogens (tertiary/aromatic N) is 4. The van der Waals surface area contributed by atoms with Crippen molar-refractivity contribution in [2.24, 2.45) is 5.73 Å². The summed E-state index contributed by atoms with van der Waals surface area (Å²) >= 11 is 0. The largest absolute Gasteiger partial charge is 0.477 e. The van der Waals surface area contributed by atoms with E-state index in [2.05, 4.69) is 20.5 Å². The Hall–Kier alpha value is -4.01. The van der Waals surface area contributed by atoms with Gasteiger partial charge in [-0.25, -0.2) is 9.37 Å². The summed E-state index contributed by atoms with van der Waals surface area (Å²) in [5.74, 6) is -0.0504. The van der Waals surface area contributed by atoms with Gasteiger partial charge in [0.1, 0.15) is 11.5 Å². The lowest BCUT2D eigenvalue weighted by atomic mass is 10.2. The average Bonchev–Trinajstić information content (AvgIpc) is 3.07. The number of benzene rings is 1. The average molecular weight is 406 g/mol. The number of aromatic nitrogens is 4. The maximum Gasteiger partial charge on any atom is 0.276 e. The van der Waals surface area contributed by atoms with Crippen LogP contribution in [-0.2, 0) is 6.54 Å². The molecule has 0 aliphatic carbocycles. The molecule has 9 heteroatoms. The predicted molar refractivity (Wildman–Crippen MR) is 110 cm³/mol. The van der Waals surface area contributed by atoms with Gasteiger partial charge in [0.15, 0.2) is 5.82 Å². The van der Waals surface area contributed by atoms with Gasteiger partial charge in [0.2, 0.25) is 5.82 Å². The summed E-state index contributed by atoms with van der Waals surface area (Å²) in [6.45, 7) is 2.20. The lowest BCUT2D eigenvalue weighted by Gasteiger charge is -2.12. The predicted octanol–water partition coefficient (Wildman–Crippen LogP) is 2.96. The molecule has 1 aromatic carbocycles. The number of nitrogens with two attached hydrogens (primary N) is 1. The van der Waals surface area contributed by atoms with E-state index in [-0.39, 0.29) is 11.7 Å². The van der Waals surface area contributed by atoms with Crippen LogP contribution in [-0.4, -0.2) is 32.6 Å². The molecule has 0 saturated carbocycles. The molecule has 0 unspecified atom stereocenters. The SMILES string of the molecule is COc1nnc(-c2c(C)cc3cccc(C(N)=O)n23)nc1NCc1cccc(F)c1. The van der Waals surface area contributed by atoms with E-state index in [9.17, 15) is 9.18 Å². The molecule has 30 heavy (non-hydrogen) atoms. The number of pyridine rings is 1. The zero-order valence-corrected chi connectivity index (χ0v) is 16.4. The Bertz CT molecular complexity index is 1250. The van der Waals surface area contributed by atoms with Gasteiger partial charge in [0.05, 0.1) is 12.8 Å². The third-order valence-corrected chi connectivity index (χ3v) is 4.64. The molecule has 0 spiro atoms. The van der Waals surface area contributed by atoms with Crippen LogP contribution < -0.4 is 15.8 Å². The van der Waals surface area contributed by atoms with Crippen LogP contribution in [0.1, 0.15) is 21.6 Å². The Morgan fingerprint density at radius 3 is 2.73 bits per heavy atom. The second-order valence-corrected chi connectivity index (χ2v) is 6.69. The Morgan fingerprint density at radius 1 is 1.20 bits per heavy atom. The van der Waals surface area contributed by atoms with E-state index in [0.717, 1.165) is 16.6 Å². The first-order chi connectivity index (χ1) is 14.5. The highest BCUT2D eigenvalue weighted by molar-refractivity contribution is 5.93. The number of anilines is 1. The summed E-state index contributed by atoms with van der Waals surface area (Å²) in [4.78, 5) is 16.5. The van der Waals surface area contributed by atoms with Crippen LogP contribution in [0.5, 0.6) is 5.88 Å². The van der Waals surface area contributed by atoms with Crippen molar-refractivity contribution >= 4 is 17.2 Å². The van der Waals surface area contributed by atoms with Crippen LogP contribution in [0.25, 0.3) is 17.0 Å². The van der Waals surface area contributed by atoms with Gasteiger partial charge in [-0.05, 0) is 48.4 Å².